The van der Waals surface area contributed by atoms with Gasteiger partial charge in [0.05, 0.1) is 4.92 Å². The van der Waals surface area contributed by atoms with Crippen LogP contribution in [0.2, 0.25) is 0 Å². The number of nitrogens with one attached hydrogen (secondary N) is 1. The number of nitro groups is 1. The summed E-state index contributed by atoms with van der Waals surface area (Å²) in [5.74, 6) is 1.25. The maximum Gasteiger partial charge on any atom is 0.317 e. The lowest BCUT2D eigenvalue weighted by molar-refractivity contribution is -0.384. The molecule has 2 atom stereocenters. The lowest BCUT2D eigenvalue weighted by Crippen LogP contribution is -2.53. The highest BCUT2D eigenvalue weighted by Crippen LogP contribution is 2.59. The lowest BCUT2D eigenvalue weighted by atomic mass is 9.49. The molecule has 5 rings (SSSR count). The second-order valence-corrected chi connectivity index (χ2v) is 12.7. The van der Waals surface area contributed by atoms with Gasteiger partial charge in [0.15, 0.2) is 0 Å². The Morgan fingerprint density at radius 1 is 1.05 bits per heavy atom. The topological polar surface area (TPSA) is 99.0 Å². The first kappa shape index (κ1) is 31.0. The molecule has 3 aliphatic carbocycles. The number of carbonyl (C=O) groups is 2. The van der Waals surface area contributed by atoms with Crippen molar-refractivity contribution in [2.45, 2.75) is 72.1 Å². The van der Waals surface area contributed by atoms with Crippen LogP contribution in [0.1, 0.15) is 82.5 Å². The minimum absolute atomic E-state index is 0.0170. The molecule has 2 bridgehead atoms. The third-order valence-electron chi connectivity index (χ3n) is 9.72. The molecule has 2 fully saturated rings. The van der Waals surface area contributed by atoms with Crippen LogP contribution < -0.4 is 5.32 Å². The second kappa shape index (κ2) is 14.3. The van der Waals surface area contributed by atoms with E-state index in [1.807, 2.05) is 9.80 Å². The Morgan fingerprint density at radius 2 is 1.73 bits per heavy atom. The summed E-state index contributed by atoms with van der Waals surface area (Å²) in [5, 5.41) is 14.1. The predicted octanol–water partition coefficient (Wildman–Crippen LogP) is 5.72. The Morgan fingerprint density at radius 3 is 2.37 bits per heavy atom. The minimum atomic E-state index is -0.459. The van der Waals surface area contributed by atoms with Gasteiger partial charge in [-0.05, 0) is 48.6 Å². The summed E-state index contributed by atoms with van der Waals surface area (Å²) in [6.45, 7) is 12.5. The standard InChI is InChI=1S/C32H49N5O4/c1-4-5-6-7-8-9-16-33-31(39)36(24-26-10-13-27-23-29(26)32(27,2)3)22-19-34-17-20-35(21-18-34)30(38)25-11-14-28(15-12-25)37(40)41/h10-12,14-15,27,29H,4-9,13,16-24H2,1-3H3,(H,33,39). The van der Waals surface area contributed by atoms with Gasteiger partial charge < -0.3 is 15.1 Å². The second-order valence-electron chi connectivity index (χ2n) is 12.7. The number of carbonyl (C=O) groups excluding carboxylic acids is 2. The van der Waals surface area contributed by atoms with Crippen molar-refractivity contribution in [2.24, 2.45) is 17.3 Å². The monoisotopic (exact) mass is 567 g/mol. The maximum atomic E-state index is 13.3. The zero-order chi connectivity index (χ0) is 29.4. The minimum Gasteiger partial charge on any atom is -0.338 e. The average Bonchev–Trinajstić information content (AvgIpc) is 2.98. The van der Waals surface area contributed by atoms with Gasteiger partial charge >= 0.3 is 6.03 Å². The van der Waals surface area contributed by atoms with Crippen LogP contribution in [0, 0.1) is 27.4 Å². The molecule has 2 unspecified atom stereocenters. The fourth-order valence-electron chi connectivity index (χ4n) is 6.69. The number of fused-ring (bicyclic) bond motifs is 1. The van der Waals surface area contributed by atoms with Crippen LogP contribution in [0.25, 0.3) is 0 Å². The highest BCUT2D eigenvalue weighted by molar-refractivity contribution is 5.94. The van der Waals surface area contributed by atoms with E-state index in [0.29, 0.717) is 43.1 Å². The van der Waals surface area contributed by atoms with Crippen LogP contribution in [0.5, 0.6) is 0 Å². The zero-order valence-electron chi connectivity index (χ0n) is 25.3. The highest BCUT2D eigenvalue weighted by atomic mass is 16.6. The van der Waals surface area contributed by atoms with Crippen molar-refractivity contribution in [3.8, 4) is 0 Å². The van der Waals surface area contributed by atoms with Crippen LogP contribution in [-0.2, 0) is 0 Å². The van der Waals surface area contributed by atoms with Gasteiger partial charge in [-0.2, -0.15) is 0 Å². The van der Waals surface area contributed by atoms with Crippen LogP contribution in [0.15, 0.2) is 35.9 Å². The van der Waals surface area contributed by atoms with E-state index in [-0.39, 0.29) is 17.6 Å². The van der Waals surface area contributed by atoms with E-state index in [2.05, 4.69) is 37.1 Å². The Labute approximate surface area is 245 Å². The van der Waals surface area contributed by atoms with E-state index in [4.69, 9.17) is 0 Å². The van der Waals surface area contributed by atoms with Crippen molar-refractivity contribution in [3.05, 3.63) is 51.6 Å². The fourth-order valence-corrected chi connectivity index (χ4v) is 6.69. The Bertz CT molecular complexity index is 1080. The number of nitrogens with zero attached hydrogens (tertiary/aromatic N) is 4. The molecule has 0 aromatic heterocycles. The molecule has 9 nitrogen and oxygen atoms in total. The maximum absolute atomic E-state index is 13.3. The molecule has 1 aromatic carbocycles. The van der Waals surface area contributed by atoms with E-state index in [1.165, 1.54) is 61.9 Å². The van der Waals surface area contributed by atoms with E-state index in [9.17, 15) is 19.7 Å². The molecule has 41 heavy (non-hydrogen) atoms. The van der Waals surface area contributed by atoms with Crippen LogP contribution in [0.3, 0.4) is 0 Å². The van der Waals surface area contributed by atoms with Crippen molar-refractivity contribution in [1.29, 1.82) is 0 Å². The molecule has 1 aliphatic heterocycles. The number of unbranched alkanes of at least 4 members (excludes halogenated alkanes) is 5. The summed E-state index contributed by atoms with van der Waals surface area (Å²) in [6.07, 6.45) is 12.0. The lowest BCUT2D eigenvalue weighted by Gasteiger charge is -2.57. The number of allylic oxidation sites excluding steroid dienone is 1. The quantitative estimate of drug-likeness (QED) is 0.134. The van der Waals surface area contributed by atoms with E-state index in [1.54, 1.807) is 0 Å². The molecule has 3 amide bonds. The SMILES string of the molecule is CCCCCCCCNC(=O)N(CCN1CCN(C(=O)c2ccc([N+](=O)[O-])cc2)CC1)CC1=CCC2CC1C2(C)C. The fraction of sp³-hybridized carbons (Fsp3) is 0.688. The molecule has 1 N–H and O–H groups in total. The van der Waals surface area contributed by atoms with E-state index < -0.39 is 4.92 Å². The number of piperazine rings is 1. The van der Waals surface area contributed by atoms with Gasteiger partial charge in [-0.1, -0.05) is 64.5 Å². The van der Waals surface area contributed by atoms with Gasteiger partial charge in [-0.15, -0.1) is 0 Å². The number of amides is 3. The summed E-state index contributed by atoms with van der Waals surface area (Å²) in [4.78, 5) is 42.9. The van der Waals surface area contributed by atoms with Crippen LogP contribution >= 0.6 is 0 Å². The summed E-state index contributed by atoms with van der Waals surface area (Å²) in [5.41, 5.74) is 2.21. The third-order valence-corrected chi connectivity index (χ3v) is 9.72. The average molecular weight is 568 g/mol. The molecule has 226 valence electrons. The summed E-state index contributed by atoms with van der Waals surface area (Å²) < 4.78 is 0. The van der Waals surface area contributed by atoms with Gasteiger partial charge in [-0.25, -0.2) is 4.79 Å². The molecule has 1 saturated carbocycles. The first-order valence-electron chi connectivity index (χ1n) is 15.7. The van der Waals surface area contributed by atoms with Gasteiger partial charge in [0.2, 0.25) is 0 Å². The number of urea groups is 1. The van der Waals surface area contributed by atoms with Crippen molar-refractivity contribution in [3.63, 3.8) is 0 Å². The largest absolute Gasteiger partial charge is 0.338 e. The number of non-ortho nitro benzene ring substituents is 1. The molecule has 1 heterocycles. The van der Waals surface area contributed by atoms with E-state index >= 15 is 0 Å². The third kappa shape index (κ3) is 7.87. The zero-order valence-corrected chi connectivity index (χ0v) is 25.3. The molecule has 9 heteroatoms. The van der Waals surface area contributed by atoms with Gasteiger partial charge in [-0.3, -0.25) is 19.8 Å². The molecular weight excluding hydrogens is 518 g/mol. The first-order chi connectivity index (χ1) is 19.7. The Hall–Kier alpha value is -2.94. The molecule has 0 spiro atoms. The number of hydrogen-bond donors (Lipinski definition) is 1. The van der Waals surface area contributed by atoms with Crippen molar-refractivity contribution in [1.82, 2.24) is 20.0 Å². The van der Waals surface area contributed by atoms with Crippen molar-refractivity contribution < 1.29 is 14.5 Å². The van der Waals surface area contributed by atoms with Crippen LogP contribution in [-0.4, -0.2) is 83.9 Å². The number of rotatable bonds is 14. The Kier molecular flexibility index (Phi) is 10.8. The smallest absolute Gasteiger partial charge is 0.317 e. The number of benzene rings is 1. The molecule has 1 saturated heterocycles. The van der Waals surface area contributed by atoms with Crippen LogP contribution in [0.4, 0.5) is 10.5 Å². The van der Waals surface area contributed by atoms with Crippen molar-refractivity contribution >= 4 is 17.6 Å². The van der Waals surface area contributed by atoms with Gasteiger partial charge in [0, 0.05) is 70.1 Å². The predicted molar refractivity (Wildman–Crippen MR) is 162 cm³/mol. The number of hydrogen-bond acceptors (Lipinski definition) is 5. The number of nitro benzene ring substituents is 1. The normalized spacial score (nSPS) is 21.5. The molecule has 1 aromatic rings. The van der Waals surface area contributed by atoms with Gasteiger partial charge in [0.1, 0.15) is 0 Å². The van der Waals surface area contributed by atoms with E-state index in [0.717, 1.165) is 51.4 Å². The molecule has 0 radical (unpaired) electrons. The molecule has 4 aliphatic rings. The summed E-state index contributed by atoms with van der Waals surface area (Å²) >= 11 is 0. The first-order valence-corrected chi connectivity index (χ1v) is 15.7. The summed E-state index contributed by atoms with van der Waals surface area (Å²) in [6, 6.07) is 5.84. The van der Waals surface area contributed by atoms with Gasteiger partial charge in [0.25, 0.3) is 11.6 Å². The molecular formula is C32H49N5O4. The highest BCUT2D eigenvalue weighted by Gasteiger charge is 2.51. The summed E-state index contributed by atoms with van der Waals surface area (Å²) in [7, 11) is 0. The Balaban J connectivity index is 1.27. The van der Waals surface area contributed by atoms with Crippen molar-refractivity contribution in [2.75, 3.05) is 52.4 Å².